The number of nitrogens with zero attached hydrogens (tertiary/aromatic N) is 1. The number of thiazole rings is 1. The molecule has 0 aliphatic rings. The molecule has 0 aliphatic carbocycles. The summed E-state index contributed by atoms with van der Waals surface area (Å²) in [5, 5.41) is 6.65. The fourth-order valence-electron chi connectivity index (χ4n) is 1.71. The highest BCUT2D eigenvalue weighted by atomic mass is 32.1. The Hall–Kier alpha value is -0.710. The fourth-order valence-corrected chi connectivity index (χ4v) is 3.36. The minimum absolute atomic E-state index is 0.438. The van der Waals surface area contributed by atoms with Crippen molar-refractivity contribution in [1.29, 1.82) is 0 Å². The lowest BCUT2D eigenvalue weighted by Crippen LogP contribution is -2.15. The van der Waals surface area contributed by atoms with Crippen molar-refractivity contribution in [3.05, 3.63) is 38.5 Å². The minimum Gasteiger partial charge on any atom is -0.312 e. The summed E-state index contributed by atoms with van der Waals surface area (Å²) in [7, 11) is 2.02. The van der Waals surface area contributed by atoms with E-state index in [9.17, 15) is 0 Å². The summed E-state index contributed by atoms with van der Waals surface area (Å²) >= 11 is 3.62. The molecular weight excluding hydrogens is 236 g/mol. The van der Waals surface area contributed by atoms with Gasteiger partial charge in [0.2, 0.25) is 0 Å². The average Bonchev–Trinajstić information content (AvgIpc) is 2.91. The van der Waals surface area contributed by atoms with Crippen LogP contribution in [0.2, 0.25) is 0 Å². The highest BCUT2D eigenvalue weighted by Crippen LogP contribution is 2.25. The Morgan fingerprint density at radius 1 is 1.50 bits per heavy atom. The molecule has 0 saturated carbocycles. The van der Waals surface area contributed by atoms with E-state index in [2.05, 4.69) is 34.7 Å². The first-order valence-corrected chi connectivity index (χ1v) is 7.11. The molecule has 4 heteroatoms. The molecule has 0 saturated heterocycles. The molecule has 16 heavy (non-hydrogen) atoms. The van der Waals surface area contributed by atoms with Gasteiger partial charge in [0.05, 0.1) is 5.01 Å². The lowest BCUT2D eigenvalue weighted by Gasteiger charge is -2.12. The van der Waals surface area contributed by atoms with Gasteiger partial charge in [-0.15, -0.1) is 22.7 Å². The summed E-state index contributed by atoms with van der Waals surface area (Å²) in [6, 6.07) is 4.76. The smallest absolute Gasteiger partial charge is 0.0897 e. The van der Waals surface area contributed by atoms with Crippen LogP contribution in [0.25, 0.3) is 0 Å². The lowest BCUT2D eigenvalue weighted by molar-refractivity contribution is 0.559. The van der Waals surface area contributed by atoms with E-state index >= 15 is 0 Å². The van der Waals surface area contributed by atoms with Crippen LogP contribution in [0.4, 0.5) is 0 Å². The summed E-state index contributed by atoms with van der Waals surface area (Å²) in [4.78, 5) is 7.12. The Balaban J connectivity index is 1.96. The predicted octanol–water partition coefficient (Wildman–Crippen LogP) is 3.41. The van der Waals surface area contributed by atoms with Gasteiger partial charge < -0.3 is 5.32 Å². The number of aromatic nitrogens is 1. The van der Waals surface area contributed by atoms with E-state index in [0.29, 0.717) is 6.04 Å². The Bertz CT molecular complexity index is 420. The molecule has 2 nitrogen and oxygen atoms in total. The second kappa shape index (κ2) is 5.57. The number of nitrogens with one attached hydrogen (secondary N) is 1. The van der Waals surface area contributed by atoms with Crippen molar-refractivity contribution in [2.24, 2.45) is 0 Å². The van der Waals surface area contributed by atoms with Crippen molar-refractivity contribution in [3.8, 4) is 0 Å². The van der Waals surface area contributed by atoms with Crippen LogP contribution in [0.5, 0.6) is 0 Å². The van der Waals surface area contributed by atoms with Crippen molar-refractivity contribution in [2.75, 3.05) is 7.05 Å². The van der Waals surface area contributed by atoms with Gasteiger partial charge in [-0.1, -0.05) is 6.07 Å². The second-order valence-corrected chi connectivity index (χ2v) is 6.04. The quantitative estimate of drug-likeness (QED) is 0.882. The molecule has 0 aromatic carbocycles. The molecule has 86 valence electrons. The van der Waals surface area contributed by atoms with E-state index in [1.807, 2.05) is 24.6 Å². The van der Waals surface area contributed by atoms with Crippen molar-refractivity contribution in [2.45, 2.75) is 25.8 Å². The summed E-state index contributed by atoms with van der Waals surface area (Å²) < 4.78 is 0. The van der Waals surface area contributed by atoms with Crippen LogP contribution in [0.3, 0.4) is 0 Å². The van der Waals surface area contributed by atoms with Crippen LogP contribution in [0.1, 0.15) is 27.2 Å². The predicted molar refractivity (Wildman–Crippen MR) is 71.3 cm³/mol. The monoisotopic (exact) mass is 252 g/mol. The summed E-state index contributed by atoms with van der Waals surface area (Å²) in [6.07, 6.45) is 4.27. The van der Waals surface area contributed by atoms with Gasteiger partial charge in [0.15, 0.2) is 0 Å². The van der Waals surface area contributed by atoms with Gasteiger partial charge in [0.25, 0.3) is 0 Å². The standard InChI is InChI=1S/C12H16N2S2/c1-9-14-8-12(16-9)11(13-2)6-5-10-4-3-7-15-10/h3-4,7-8,11,13H,5-6H2,1-2H3. The fraction of sp³-hybridized carbons (Fsp3) is 0.417. The summed E-state index contributed by atoms with van der Waals surface area (Å²) in [6.45, 7) is 2.06. The van der Waals surface area contributed by atoms with Gasteiger partial charge in [-0.25, -0.2) is 4.98 Å². The van der Waals surface area contributed by atoms with E-state index in [0.717, 1.165) is 17.8 Å². The Morgan fingerprint density at radius 3 is 2.94 bits per heavy atom. The van der Waals surface area contributed by atoms with Gasteiger partial charge >= 0.3 is 0 Å². The molecule has 2 heterocycles. The Kier molecular flexibility index (Phi) is 4.09. The maximum absolute atomic E-state index is 4.31. The zero-order valence-corrected chi connectivity index (χ0v) is 11.2. The molecule has 1 N–H and O–H groups in total. The zero-order chi connectivity index (χ0) is 11.4. The molecule has 0 bridgehead atoms. The van der Waals surface area contributed by atoms with Gasteiger partial charge in [0, 0.05) is 22.0 Å². The van der Waals surface area contributed by atoms with Gasteiger partial charge in [-0.05, 0) is 38.3 Å². The third-order valence-electron chi connectivity index (χ3n) is 2.59. The summed E-state index contributed by atoms with van der Waals surface area (Å²) in [5.41, 5.74) is 0. The van der Waals surface area contributed by atoms with Crippen molar-refractivity contribution < 1.29 is 0 Å². The molecule has 0 amide bonds. The molecular formula is C12H16N2S2. The molecule has 2 rings (SSSR count). The number of aryl methyl sites for hydroxylation is 2. The number of hydrogen-bond acceptors (Lipinski definition) is 4. The first-order chi connectivity index (χ1) is 7.79. The van der Waals surface area contributed by atoms with Gasteiger partial charge in [-0.3, -0.25) is 0 Å². The molecule has 0 radical (unpaired) electrons. The van der Waals surface area contributed by atoms with E-state index in [4.69, 9.17) is 0 Å². The van der Waals surface area contributed by atoms with Crippen molar-refractivity contribution in [1.82, 2.24) is 10.3 Å². The third-order valence-corrected chi connectivity index (χ3v) is 4.55. The van der Waals surface area contributed by atoms with Crippen LogP contribution >= 0.6 is 22.7 Å². The third kappa shape index (κ3) is 2.90. The van der Waals surface area contributed by atoms with Crippen LogP contribution in [-0.2, 0) is 6.42 Å². The number of hydrogen-bond donors (Lipinski definition) is 1. The van der Waals surface area contributed by atoms with Crippen LogP contribution in [-0.4, -0.2) is 12.0 Å². The van der Waals surface area contributed by atoms with E-state index in [-0.39, 0.29) is 0 Å². The summed E-state index contributed by atoms with van der Waals surface area (Å²) in [5.74, 6) is 0. The minimum atomic E-state index is 0.438. The lowest BCUT2D eigenvalue weighted by atomic mass is 10.1. The van der Waals surface area contributed by atoms with E-state index < -0.39 is 0 Å². The van der Waals surface area contributed by atoms with Crippen LogP contribution < -0.4 is 5.32 Å². The van der Waals surface area contributed by atoms with E-state index in [1.165, 1.54) is 9.75 Å². The maximum Gasteiger partial charge on any atom is 0.0897 e. The topological polar surface area (TPSA) is 24.9 Å². The Labute approximate surface area is 104 Å². The highest BCUT2D eigenvalue weighted by Gasteiger charge is 2.12. The highest BCUT2D eigenvalue weighted by molar-refractivity contribution is 7.11. The second-order valence-electron chi connectivity index (χ2n) is 3.74. The molecule has 2 aromatic heterocycles. The number of thiophene rings is 1. The molecule has 0 spiro atoms. The number of rotatable bonds is 5. The van der Waals surface area contributed by atoms with Crippen molar-refractivity contribution in [3.63, 3.8) is 0 Å². The van der Waals surface area contributed by atoms with Crippen molar-refractivity contribution >= 4 is 22.7 Å². The SMILES string of the molecule is CNC(CCc1cccs1)c1cnc(C)s1. The Morgan fingerprint density at radius 2 is 2.38 bits per heavy atom. The molecule has 1 unspecified atom stereocenters. The molecule has 0 aliphatic heterocycles. The van der Waals surface area contributed by atoms with E-state index in [1.54, 1.807) is 11.3 Å². The molecule has 2 aromatic rings. The normalized spacial score (nSPS) is 12.9. The maximum atomic E-state index is 4.31. The first-order valence-electron chi connectivity index (χ1n) is 5.41. The van der Waals surface area contributed by atoms with Crippen LogP contribution in [0, 0.1) is 6.92 Å². The molecule has 0 fully saturated rings. The average molecular weight is 252 g/mol. The van der Waals surface area contributed by atoms with Crippen LogP contribution in [0.15, 0.2) is 23.7 Å². The largest absolute Gasteiger partial charge is 0.312 e. The first kappa shape index (κ1) is 11.8. The van der Waals surface area contributed by atoms with Gasteiger partial charge in [0.1, 0.15) is 0 Å². The zero-order valence-electron chi connectivity index (χ0n) is 9.56. The molecule has 1 atom stereocenters. The van der Waals surface area contributed by atoms with Gasteiger partial charge in [-0.2, -0.15) is 0 Å².